The molecule has 12 heteroatoms. The topological polar surface area (TPSA) is 138 Å². The first-order valence-corrected chi connectivity index (χ1v) is 12.9. The molecule has 0 aliphatic heterocycles. The molecule has 3 aromatic rings. The highest BCUT2D eigenvalue weighted by molar-refractivity contribution is 7.91. The van der Waals surface area contributed by atoms with E-state index in [9.17, 15) is 23.1 Å². The largest absolute Gasteiger partial charge is 0.480 e. The van der Waals surface area contributed by atoms with Crippen LogP contribution in [0.25, 0.3) is 0 Å². The molecule has 0 saturated carbocycles. The second-order valence-electron chi connectivity index (χ2n) is 7.56. The molecule has 2 aromatic heterocycles. The molecule has 0 unspecified atom stereocenters. The van der Waals surface area contributed by atoms with Crippen molar-refractivity contribution in [1.29, 1.82) is 0 Å². The SMILES string of the molecule is CCCS(=O)(=O)c1ccnc(N[C@@H](Cc2ccc(NC(=O)c3c(Cl)cncc3Cl)cc2)C(=O)O)c1. The Kier molecular flexibility index (Phi) is 8.66. The Morgan fingerprint density at radius 1 is 1.09 bits per heavy atom. The number of pyridine rings is 2. The standard InChI is InChI=1S/C23H22Cl2N4O5S/c1-2-9-35(33,34)16-7-8-27-20(11-16)29-19(23(31)32)10-14-3-5-15(6-4-14)28-22(30)21-17(24)12-26-13-18(21)25/h3-8,11-13,19H,2,9-10H2,1H3,(H,27,29)(H,28,30)(H,31,32)/t19-/m0/s1. The van der Waals surface area contributed by atoms with Crippen molar-refractivity contribution in [2.24, 2.45) is 0 Å². The van der Waals surface area contributed by atoms with Crippen LogP contribution in [0.2, 0.25) is 10.0 Å². The predicted octanol–water partition coefficient (Wildman–Crippen LogP) is 4.33. The third kappa shape index (κ3) is 6.91. The molecule has 1 amide bonds. The normalized spacial score (nSPS) is 12.1. The van der Waals surface area contributed by atoms with Crippen molar-refractivity contribution < 1.29 is 23.1 Å². The molecule has 0 radical (unpaired) electrons. The molecule has 0 spiro atoms. The molecule has 35 heavy (non-hydrogen) atoms. The number of anilines is 2. The highest BCUT2D eigenvalue weighted by Gasteiger charge is 2.21. The summed E-state index contributed by atoms with van der Waals surface area (Å²) in [5, 5.41) is 15.4. The van der Waals surface area contributed by atoms with E-state index in [1.165, 1.54) is 30.7 Å². The highest BCUT2D eigenvalue weighted by atomic mass is 35.5. The summed E-state index contributed by atoms with van der Waals surface area (Å²) >= 11 is 12.0. The second-order valence-corrected chi connectivity index (χ2v) is 10.5. The number of carboxylic acids is 1. The Hall–Kier alpha value is -3.21. The monoisotopic (exact) mass is 536 g/mol. The first kappa shape index (κ1) is 26.4. The molecule has 3 rings (SSSR count). The maximum absolute atomic E-state index is 12.5. The molecule has 0 aliphatic carbocycles. The summed E-state index contributed by atoms with van der Waals surface area (Å²) in [6, 6.07) is 8.20. The Bertz CT molecular complexity index is 1310. The third-order valence-electron chi connectivity index (χ3n) is 4.92. The van der Waals surface area contributed by atoms with E-state index in [1.54, 1.807) is 31.2 Å². The zero-order valence-electron chi connectivity index (χ0n) is 18.5. The number of amides is 1. The first-order chi connectivity index (χ1) is 16.6. The molecular weight excluding hydrogens is 515 g/mol. The van der Waals surface area contributed by atoms with Crippen molar-refractivity contribution in [3.05, 3.63) is 76.2 Å². The maximum atomic E-state index is 12.5. The lowest BCUT2D eigenvalue weighted by Crippen LogP contribution is -2.32. The van der Waals surface area contributed by atoms with E-state index in [2.05, 4.69) is 20.6 Å². The summed E-state index contributed by atoms with van der Waals surface area (Å²) < 4.78 is 24.6. The summed E-state index contributed by atoms with van der Waals surface area (Å²) in [7, 11) is -3.47. The fourth-order valence-corrected chi connectivity index (χ4v) is 5.10. The lowest BCUT2D eigenvalue weighted by molar-refractivity contribution is -0.137. The van der Waals surface area contributed by atoms with Crippen LogP contribution in [0.15, 0.2) is 59.9 Å². The number of hydrogen-bond acceptors (Lipinski definition) is 7. The number of halogens is 2. The van der Waals surface area contributed by atoms with Gasteiger partial charge >= 0.3 is 5.97 Å². The van der Waals surface area contributed by atoms with Gasteiger partial charge in [0.25, 0.3) is 5.91 Å². The summed E-state index contributed by atoms with van der Waals surface area (Å²) in [6.07, 6.45) is 4.49. The van der Waals surface area contributed by atoms with Crippen molar-refractivity contribution in [2.45, 2.75) is 30.7 Å². The van der Waals surface area contributed by atoms with Crippen molar-refractivity contribution in [1.82, 2.24) is 9.97 Å². The smallest absolute Gasteiger partial charge is 0.326 e. The number of carbonyl (C=O) groups excluding carboxylic acids is 1. The molecular formula is C23H22Cl2N4O5S. The Morgan fingerprint density at radius 2 is 1.74 bits per heavy atom. The van der Waals surface area contributed by atoms with Crippen molar-refractivity contribution in [3.8, 4) is 0 Å². The summed E-state index contributed by atoms with van der Waals surface area (Å²) in [5.41, 5.74) is 1.22. The van der Waals surface area contributed by atoms with E-state index >= 15 is 0 Å². The van der Waals surface area contributed by atoms with Gasteiger partial charge in [-0.2, -0.15) is 0 Å². The number of rotatable bonds is 10. The minimum atomic E-state index is -3.47. The average Bonchev–Trinajstić information content (AvgIpc) is 2.80. The minimum Gasteiger partial charge on any atom is -0.480 e. The number of benzene rings is 1. The van der Waals surface area contributed by atoms with Crippen molar-refractivity contribution in [2.75, 3.05) is 16.4 Å². The van der Waals surface area contributed by atoms with Gasteiger partial charge in [-0.3, -0.25) is 9.78 Å². The van der Waals surface area contributed by atoms with Crippen LogP contribution in [0.3, 0.4) is 0 Å². The summed E-state index contributed by atoms with van der Waals surface area (Å²) in [6.45, 7) is 1.76. The zero-order chi connectivity index (χ0) is 25.6. The van der Waals surface area contributed by atoms with E-state index in [0.29, 0.717) is 17.7 Å². The summed E-state index contributed by atoms with van der Waals surface area (Å²) in [5.74, 6) is -1.51. The van der Waals surface area contributed by atoms with Crippen LogP contribution >= 0.6 is 23.2 Å². The molecule has 0 bridgehead atoms. The van der Waals surface area contributed by atoms with Crippen LogP contribution in [0.4, 0.5) is 11.5 Å². The molecule has 9 nitrogen and oxygen atoms in total. The Labute approximate surface area is 212 Å². The van der Waals surface area contributed by atoms with E-state index in [-0.39, 0.29) is 38.5 Å². The van der Waals surface area contributed by atoms with E-state index in [0.717, 1.165) is 0 Å². The molecule has 1 atom stereocenters. The van der Waals surface area contributed by atoms with Gasteiger partial charge in [-0.15, -0.1) is 0 Å². The van der Waals surface area contributed by atoms with Crippen LogP contribution < -0.4 is 10.6 Å². The minimum absolute atomic E-state index is 0.0126. The number of aliphatic carboxylic acids is 1. The highest BCUT2D eigenvalue weighted by Crippen LogP contribution is 2.24. The van der Waals surface area contributed by atoms with Gasteiger partial charge in [0.15, 0.2) is 9.84 Å². The maximum Gasteiger partial charge on any atom is 0.326 e. The van der Waals surface area contributed by atoms with Gasteiger partial charge in [-0.25, -0.2) is 18.2 Å². The fraction of sp³-hybridized carbons (Fsp3) is 0.217. The fourth-order valence-electron chi connectivity index (χ4n) is 3.23. The quantitative estimate of drug-likeness (QED) is 0.348. The first-order valence-electron chi connectivity index (χ1n) is 10.5. The van der Waals surface area contributed by atoms with Gasteiger partial charge in [0.2, 0.25) is 0 Å². The van der Waals surface area contributed by atoms with E-state index < -0.39 is 27.8 Å². The van der Waals surface area contributed by atoms with Crippen LogP contribution in [-0.2, 0) is 21.1 Å². The van der Waals surface area contributed by atoms with Crippen molar-refractivity contribution >= 4 is 56.4 Å². The van der Waals surface area contributed by atoms with Crippen LogP contribution in [0.5, 0.6) is 0 Å². The second kappa shape index (κ2) is 11.5. The zero-order valence-corrected chi connectivity index (χ0v) is 20.9. The van der Waals surface area contributed by atoms with Crippen LogP contribution in [-0.4, -0.2) is 47.2 Å². The lowest BCUT2D eigenvalue weighted by Gasteiger charge is -2.16. The summed E-state index contributed by atoms with van der Waals surface area (Å²) in [4.78, 5) is 32.3. The van der Waals surface area contributed by atoms with Gasteiger partial charge in [-0.1, -0.05) is 42.3 Å². The molecule has 0 fully saturated rings. The molecule has 0 saturated heterocycles. The Morgan fingerprint density at radius 3 is 2.34 bits per heavy atom. The van der Waals surface area contributed by atoms with Gasteiger partial charge in [-0.05, 0) is 36.2 Å². The average molecular weight is 537 g/mol. The van der Waals surface area contributed by atoms with Gasteiger partial charge in [0.1, 0.15) is 11.9 Å². The van der Waals surface area contributed by atoms with Gasteiger partial charge < -0.3 is 15.7 Å². The van der Waals surface area contributed by atoms with Crippen LogP contribution in [0, 0.1) is 0 Å². The Balaban J connectivity index is 1.70. The van der Waals surface area contributed by atoms with Crippen LogP contribution in [0.1, 0.15) is 29.3 Å². The van der Waals surface area contributed by atoms with Crippen molar-refractivity contribution in [3.63, 3.8) is 0 Å². The number of carboxylic acid groups (broad SMARTS) is 1. The number of carbonyl (C=O) groups is 2. The van der Waals surface area contributed by atoms with Gasteiger partial charge in [0, 0.05) is 30.7 Å². The predicted molar refractivity (Wildman–Crippen MR) is 134 cm³/mol. The van der Waals surface area contributed by atoms with E-state index in [1.807, 2.05) is 0 Å². The number of nitrogens with zero attached hydrogens (tertiary/aromatic N) is 2. The number of nitrogens with one attached hydrogen (secondary N) is 2. The molecule has 1 aromatic carbocycles. The van der Waals surface area contributed by atoms with Gasteiger partial charge in [0.05, 0.1) is 26.3 Å². The number of aromatic nitrogens is 2. The van der Waals surface area contributed by atoms with E-state index in [4.69, 9.17) is 23.2 Å². The molecule has 3 N–H and O–H groups in total. The number of hydrogen-bond donors (Lipinski definition) is 3. The molecule has 2 heterocycles. The molecule has 0 aliphatic rings. The lowest BCUT2D eigenvalue weighted by atomic mass is 10.1. The third-order valence-corrected chi connectivity index (χ3v) is 7.41. The number of sulfone groups is 1. The molecule has 184 valence electrons.